The molecule has 2 aromatic carbocycles. The van der Waals surface area contributed by atoms with Gasteiger partial charge in [0.25, 0.3) is 11.6 Å². The van der Waals surface area contributed by atoms with Gasteiger partial charge in [0.1, 0.15) is 17.3 Å². The molecule has 0 atom stereocenters. The number of carbonyl (C=O) groups excluding carboxylic acids is 1. The average molecular weight is 482 g/mol. The Morgan fingerprint density at radius 3 is 2.52 bits per heavy atom. The third kappa shape index (κ3) is 4.48. The summed E-state index contributed by atoms with van der Waals surface area (Å²) in [4.78, 5) is 27.5. The van der Waals surface area contributed by atoms with Crippen molar-refractivity contribution in [2.45, 2.75) is 0 Å². The lowest BCUT2D eigenvalue weighted by atomic mass is 10.1. The molecule has 1 aliphatic heterocycles. The molecule has 8 nitrogen and oxygen atoms in total. The maximum absolute atomic E-state index is 13.0. The lowest BCUT2D eigenvalue weighted by Crippen LogP contribution is -2.27. The van der Waals surface area contributed by atoms with Gasteiger partial charge in [0.05, 0.1) is 34.3 Å². The molecule has 1 saturated heterocycles. The molecule has 4 rings (SSSR count). The molecule has 33 heavy (non-hydrogen) atoms. The molecule has 1 aliphatic rings. The number of hydrogen-bond acceptors (Lipinski definition) is 8. The molecule has 0 spiro atoms. The van der Waals surface area contributed by atoms with Crippen LogP contribution in [-0.4, -0.2) is 36.4 Å². The molecule has 0 bridgehead atoms. The minimum absolute atomic E-state index is 0.0790. The fourth-order valence-electron chi connectivity index (χ4n) is 3.29. The van der Waals surface area contributed by atoms with E-state index in [1.165, 1.54) is 35.9 Å². The van der Waals surface area contributed by atoms with Crippen LogP contribution in [-0.2, 0) is 4.79 Å². The number of benzene rings is 2. The number of hydrogen-bond donors (Lipinski definition) is 0. The number of thiocarbonyl (C=S) groups is 1. The van der Waals surface area contributed by atoms with E-state index in [1.807, 2.05) is 43.3 Å². The first kappa shape index (κ1) is 22.6. The third-order valence-corrected chi connectivity index (χ3v) is 6.28. The number of nitro benzene ring substituents is 1. The molecule has 168 valence electrons. The van der Waals surface area contributed by atoms with E-state index >= 15 is 0 Å². The normalized spacial score (nSPS) is 14.8. The minimum Gasteiger partial charge on any atom is -0.496 e. The lowest BCUT2D eigenvalue weighted by molar-refractivity contribution is -0.384. The summed E-state index contributed by atoms with van der Waals surface area (Å²) >= 11 is 6.64. The highest BCUT2D eigenvalue weighted by molar-refractivity contribution is 8.27. The van der Waals surface area contributed by atoms with E-state index in [1.54, 1.807) is 24.3 Å². The van der Waals surface area contributed by atoms with Crippen molar-refractivity contribution in [3.63, 3.8) is 0 Å². The molecule has 2 heterocycles. The van der Waals surface area contributed by atoms with E-state index in [9.17, 15) is 14.9 Å². The SMILES string of the molecule is COc1cc([N+](=O)[O-])ccc1-c1ccc(/C=C2/SC(=S)N(c3ccc(N(C)C)cc3)C2=O)o1. The Balaban J connectivity index is 1.59. The van der Waals surface area contributed by atoms with Crippen LogP contribution in [0.5, 0.6) is 5.75 Å². The van der Waals surface area contributed by atoms with Crippen LogP contribution in [0.2, 0.25) is 0 Å². The predicted octanol–water partition coefficient (Wildman–Crippen LogP) is 5.34. The van der Waals surface area contributed by atoms with E-state index in [-0.39, 0.29) is 11.6 Å². The summed E-state index contributed by atoms with van der Waals surface area (Å²) < 4.78 is 11.6. The van der Waals surface area contributed by atoms with E-state index < -0.39 is 4.92 Å². The number of nitrogens with zero attached hydrogens (tertiary/aromatic N) is 3. The summed E-state index contributed by atoms with van der Waals surface area (Å²) in [6.07, 6.45) is 1.63. The molecule has 0 radical (unpaired) electrons. The Bertz CT molecular complexity index is 1280. The molecule has 0 aliphatic carbocycles. The highest BCUT2D eigenvalue weighted by atomic mass is 32.2. The van der Waals surface area contributed by atoms with Crippen molar-refractivity contribution in [2.75, 3.05) is 31.0 Å². The van der Waals surface area contributed by atoms with Gasteiger partial charge in [0, 0.05) is 31.9 Å². The van der Waals surface area contributed by atoms with Crippen LogP contribution in [0, 0.1) is 10.1 Å². The lowest BCUT2D eigenvalue weighted by Gasteiger charge is -2.17. The third-order valence-electron chi connectivity index (χ3n) is 4.98. The Hall–Kier alpha value is -3.63. The fraction of sp³-hybridized carbons (Fsp3) is 0.130. The second-order valence-electron chi connectivity index (χ2n) is 7.27. The van der Waals surface area contributed by atoms with Gasteiger partial charge in [-0.05, 0) is 42.5 Å². The molecule has 1 amide bonds. The Labute approximate surface area is 199 Å². The highest BCUT2D eigenvalue weighted by Crippen LogP contribution is 2.38. The van der Waals surface area contributed by atoms with Crippen molar-refractivity contribution in [3.8, 4) is 17.1 Å². The Kier molecular flexibility index (Phi) is 6.21. The summed E-state index contributed by atoms with van der Waals surface area (Å²) in [5.74, 6) is 1.00. The van der Waals surface area contributed by atoms with Gasteiger partial charge >= 0.3 is 0 Å². The molecule has 1 fully saturated rings. The van der Waals surface area contributed by atoms with E-state index in [0.717, 1.165) is 5.69 Å². The molecule has 1 aromatic heterocycles. The minimum atomic E-state index is -0.490. The van der Waals surface area contributed by atoms with Crippen LogP contribution < -0.4 is 14.5 Å². The van der Waals surface area contributed by atoms with Gasteiger partial charge in [-0.2, -0.15) is 0 Å². The number of nitro groups is 1. The number of anilines is 2. The monoisotopic (exact) mass is 481 g/mol. The first-order chi connectivity index (χ1) is 15.8. The first-order valence-electron chi connectivity index (χ1n) is 9.76. The van der Waals surface area contributed by atoms with Crippen LogP contribution in [0.15, 0.2) is 63.9 Å². The van der Waals surface area contributed by atoms with Crippen molar-refractivity contribution in [3.05, 3.63) is 75.4 Å². The van der Waals surface area contributed by atoms with Gasteiger partial charge in [-0.15, -0.1) is 0 Å². The van der Waals surface area contributed by atoms with Gasteiger partial charge < -0.3 is 14.1 Å². The fourth-order valence-corrected chi connectivity index (χ4v) is 4.57. The van der Waals surface area contributed by atoms with Crippen molar-refractivity contribution in [1.29, 1.82) is 0 Å². The van der Waals surface area contributed by atoms with Gasteiger partial charge in [-0.1, -0.05) is 24.0 Å². The molecule has 0 saturated carbocycles. The number of methoxy groups -OCH3 is 1. The predicted molar refractivity (Wildman–Crippen MR) is 134 cm³/mol. The largest absolute Gasteiger partial charge is 0.496 e. The maximum Gasteiger partial charge on any atom is 0.273 e. The summed E-state index contributed by atoms with van der Waals surface area (Å²) in [5, 5.41) is 11.0. The number of non-ortho nitro benzene ring substituents is 1. The second kappa shape index (κ2) is 9.08. The zero-order valence-electron chi connectivity index (χ0n) is 18.0. The number of amides is 1. The molecule has 3 aromatic rings. The van der Waals surface area contributed by atoms with Crippen molar-refractivity contribution < 1.29 is 18.9 Å². The van der Waals surface area contributed by atoms with E-state index in [2.05, 4.69) is 0 Å². The highest BCUT2D eigenvalue weighted by Gasteiger charge is 2.33. The first-order valence-corrected chi connectivity index (χ1v) is 11.0. The van der Waals surface area contributed by atoms with Crippen molar-refractivity contribution in [2.24, 2.45) is 0 Å². The molecular formula is C23H19N3O5S2. The van der Waals surface area contributed by atoms with E-state index in [4.69, 9.17) is 21.4 Å². The van der Waals surface area contributed by atoms with Gasteiger partial charge in [0.15, 0.2) is 4.32 Å². The summed E-state index contributed by atoms with van der Waals surface area (Å²) in [6, 6.07) is 15.3. The van der Waals surface area contributed by atoms with Crippen LogP contribution in [0.25, 0.3) is 17.4 Å². The van der Waals surface area contributed by atoms with E-state index in [0.29, 0.717) is 37.7 Å². The average Bonchev–Trinajstić information content (AvgIpc) is 3.37. The van der Waals surface area contributed by atoms with Gasteiger partial charge in [-0.25, -0.2) is 0 Å². The van der Waals surface area contributed by atoms with Crippen LogP contribution in [0.4, 0.5) is 17.1 Å². The number of thioether (sulfide) groups is 1. The van der Waals surface area contributed by atoms with Gasteiger partial charge in [0.2, 0.25) is 0 Å². The topological polar surface area (TPSA) is 89.1 Å². The Morgan fingerprint density at radius 2 is 1.88 bits per heavy atom. The standard InChI is InChI=1S/C23H19N3O5S2/c1-24(2)14-4-6-15(7-5-14)25-22(27)21(33-23(25)32)13-17-9-11-19(31-17)18-10-8-16(26(28)29)12-20(18)30-3/h4-13H,1-3H3/b21-13+. The summed E-state index contributed by atoms with van der Waals surface area (Å²) in [7, 11) is 5.32. The number of ether oxygens (including phenoxy) is 1. The second-order valence-corrected chi connectivity index (χ2v) is 8.95. The number of furan rings is 1. The molecule has 10 heteroatoms. The van der Waals surface area contributed by atoms with Crippen molar-refractivity contribution in [1.82, 2.24) is 0 Å². The number of carbonyl (C=O) groups is 1. The van der Waals surface area contributed by atoms with Crippen LogP contribution in [0.1, 0.15) is 5.76 Å². The summed E-state index contributed by atoms with van der Waals surface area (Å²) in [5.41, 5.74) is 2.20. The quantitative estimate of drug-likeness (QED) is 0.202. The van der Waals surface area contributed by atoms with Gasteiger partial charge in [-0.3, -0.25) is 19.8 Å². The smallest absolute Gasteiger partial charge is 0.273 e. The number of rotatable bonds is 6. The van der Waals surface area contributed by atoms with Crippen LogP contribution in [0.3, 0.4) is 0 Å². The molecule has 0 unspecified atom stereocenters. The summed E-state index contributed by atoms with van der Waals surface area (Å²) in [6.45, 7) is 0. The molecular weight excluding hydrogens is 462 g/mol. The van der Waals surface area contributed by atoms with Crippen LogP contribution >= 0.6 is 24.0 Å². The Morgan fingerprint density at radius 1 is 1.15 bits per heavy atom. The zero-order valence-corrected chi connectivity index (χ0v) is 19.6. The molecule has 0 N–H and O–H groups in total. The maximum atomic E-state index is 13.0. The zero-order chi connectivity index (χ0) is 23.7. The van der Waals surface area contributed by atoms with Crippen molar-refractivity contribution >= 4 is 57.3 Å².